The predicted octanol–water partition coefficient (Wildman–Crippen LogP) is 3.78. The van der Waals surface area contributed by atoms with Crippen molar-refractivity contribution in [2.75, 3.05) is 12.3 Å². The first kappa shape index (κ1) is 21.3. The number of carboxylic acid groups (broad SMARTS) is 1. The highest BCUT2D eigenvalue weighted by molar-refractivity contribution is 8.01. The monoisotopic (exact) mass is 393 g/mol. The molecule has 0 amide bonds. The van der Waals surface area contributed by atoms with Crippen molar-refractivity contribution in [3.05, 3.63) is 29.3 Å². The summed E-state index contributed by atoms with van der Waals surface area (Å²) in [7, 11) is -3.48. The van der Waals surface area contributed by atoms with E-state index in [4.69, 9.17) is 16.7 Å². The zero-order valence-corrected chi connectivity index (χ0v) is 16.3. The summed E-state index contributed by atoms with van der Waals surface area (Å²) in [5, 5.41) is 9.50. The first-order valence-corrected chi connectivity index (χ1v) is 10.6. The third-order valence-corrected chi connectivity index (χ3v) is 6.58. The van der Waals surface area contributed by atoms with Crippen LogP contribution in [0.15, 0.2) is 29.2 Å². The number of unbranched alkanes of at least 4 members (excludes halogenated alkanes) is 3. The average Bonchev–Trinajstić information content (AvgIpc) is 2.50. The molecule has 0 aliphatic rings. The van der Waals surface area contributed by atoms with Crippen molar-refractivity contribution in [3.8, 4) is 0 Å². The molecule has 5 nitrogen and oxygen atoms in total. The Kier molecular flexibility index (Phi) is 8.56. The van der Waals surface area contributed by atoms with Gasteiger partial charge in [-0.2, -0.15) is 0 Å². The topological polar surface area (TPSA) is 83.5 Å². The molecule has 0 atom stereocenters. The van der Waals surface area contributed by atoms with Crippen LogP contribution in [0.2, 0.25) is 5.02 Å². The molecule has 0 bridgehead atoms. The number of hydrogen-bond donors (Lipinski definition) is 2. The van der Waals surface area contributed by atoms with E-state index in [-0.39, 0.29) is 4.90 Å². The molecule has 0 saturated carbocycles. The van der Waals surface area contributed by atoms with Gasteiger partial charge in [0.1, 0.15) is 4.75 Å². The molecule has 0 heterocycles. The Morgan fingerprint density at radius 2 is 1.75 bits per heavy atom. The Morgan fingerprint density at radius 1 is 1.17 bits per heavy atom. The Morgan fingerprint density at radius 3 is 2.33 bits per heavy atom. The second-order valence-electron chi connectivity index (χ2n) is 5.93. The number of nitrogens with one attached hydrogen (secondary N) is 1. The van der Waals surface area contributed by atoms with Crippen LogP contribution in [0.1, 0.15) is 39.5 Å². The van der Waals surface area contributed by atoms with Crippen LogP contribution in [0, 0.1) is 0 Å². The van der Waals surface area contributed by atoms with Gasteiger partial charge in [0.25, 0.3) is 0 Å². The second-order valence-corrected chi connectivity index (χ2v) is 9.85. The molecule has 0 aliphatic heterocycles. The zero-order chi connectivity index (χ0) is 18.2. The summed E-state index contributed by atoms with van der Waals surface area (Å²) in [5.74, 6) is -0.0143. The fourth-order valence-electron chi connectivity index (χ4n) is 1.87. The van der Waals surface area contributed by atoms with Crippen LogP contribution in [0.25, 0.3) is 0 Å². The number of halogens is 1. The molecule has 0 aromatic heterocycles. The highest BCUT2D eigenvalue weighted by Crippen LogP contribution is 2.25. The van der Waals surface area contributed by atoms with Gasteiger partial charge in [0.2, 0.25) is 10.0 Å². The molecule has 8 heteroatoms. The predicted molar refractivity (Wildman–Crippen MR) is 99.3 cm³/mol. The van der Waals surface area contributed by atoms with E-state index < -0.39 is 20.7 Å². The Bertz CT molecular complexity index is 630. The average molecular weight is 394 g/mol. The van der Waals surface area contributed by atoms with Crippen LogP contribution >= 0.6 is 23.4 Å². The number of benzene rings is 1. The third-order valence-electron chi connectivity index (χ3n) is 3.47. The molecule has 0 unspecified atom stereocenters. The van der Waals surface area contributed by atoms with Gasteiger partial charge in [0.05, 0.1) is 4.90 Å². The molecule has 0 aliphatic carbocycles. The summed E-state index contributed by atoms with van der Waals surface area (Å²) in [5.41, 5.74) is 0. The van der Waals surface area contributed by atoms with Crippen LogP contribution < -0.4 is 4.72 Å². The normalized spacial score (nSPS) is 12.3. The molecular formula is C16H24ClNO4S2. The van der Waals surface area contributed by atoms with Crippen LogP contribution in [0.3, 0.4) is 0 Å². The molecule has 1 rings (SSSR count). The first-order valence-electron chi connectivity index (χ1n) is 7.78. The van der Waals surface area contributed by atoms with Crippen molar-refractivity contribution in [1.29, 1.82) is 0 Å². The van der Waals surface area contributed by atoms with Crippen LogP contribution in [-0.2, 0) is 14.8 Å². The number of aliphatic carboxylic acids is 1. The van der Waals surface area contributed by atoms with Gasteiger partial charge in [-0.3, -0.25) is 4.79 Å². The third kappa shape index (κ3) is 7.42. The smallest absolute Gasteiger partial charge is 0.319 e. The van der Waals surface area contributed by atoms with Crippen LogP contribution in [-0.4, -0.2) is 36.5 Å². The summed E-state index contributed by atoms with van der Waals surface area (Å²) < 4.78 is 25.9. The molecule has 1 aromatic rings. The van der Waals surface area contributed by atoms with Gasteiger partial charge in [0.15, 0.2) is 0 Å². The summed E-state index contributed by atoms with van der Waals surface area (Å²) in [4.78, 5) is 11.2. The highest BCUT2D eigenvalue weighted by Gasteiger charge is 2.26. The molecule has 0 fully saturated rings. The number of hydrogen-bond acceptors (Lipinski definition) is 4. The largest absolute Gasteiger partial charge is 0.480 e. The van der Waals surface area contributed by atoms with E-state index in [2.05, 4.69) is 4.72 Å². The lowest BCUT2D eigenvalue weighted by atomic mass is 10.2. The quantitative estimate of drug-likeness (QED) is 0.559. The van der Waals surface area contributed by atoms with Crippen molar-refractivity contribution in [2.45, 2.75) is 49.2 Å². The zero-order valence-electron chi connectivity index (χ0n) is 13.9. The Labute approximate surface area is 153 Å². The Balaban J connectivity index is 2.18. The number of carboxylic acids is 1. The SMILES string of the molecule is CC(C)(SCCCCCCNS(=O)(=O)c1ccc(Cl)cc1)C(=O)O. The number of sulfonamides is 1. The van der Waals surface area contributed by atoms with E-state index in [1.165, 1.54) is 23.9 Å². The van der Waals surface area contributed by atoms with E-state index in [9.17, 15) is 13.2 Å². The maximum atomic E-state index is 12.0. The van der Waals surface area contributed by atoms with Crippen LogP contribution in [0.4, 0.5) is 0 Å². The minimum absolute atomic E-state index is 0.208. The lowest BCUT2D eigenvalue weighted by Gasteiger charge is -2.18. The molecule has 1 aromatic carbocycles. The lowest BCUT2D eigenvalue weighted by Crippen LogP contribution is -2.27. The van der Waals surface area contributed by atoms with E-state index in [0.29, 0.717) is 11.6 Å². The van der Waals surface area contributed by atoms with Gasteiger partial charge in [-0.15, -0.1) is 11.8 Å². The van der Waals surface area contributed by atoms with Crippen molar-refractivity contribution in [1.82, 2.24) is 4.72 Å². The van der Waals surface area contributed by atoms with Gasteiger partial charge in [-0.25, -0.2) is 13.1 Å². The summed E-state index contributed by atoms with van der Waals surface area (Å²) in [6, 6.07) is 6.05. The molecule has 136 valence electrons. The summed E-state index contributed by atoms with van der Waals surface area (Å²) in [6.45, 7) is 3.79. The van der Waals surface area contributed by atoms with Gasteiger partial charge < -0.3 is 5.11 Å². The standard InChI is InChI=1S/C16H24ClNO4S2/c1-16(2,15(19)20)23-12-6-4-3-5-11-18-24(21,22)14-9-7-13(17)8-10-14/h7-10,18H,3-6,11-12H2,1-2H3,(H,19,20). The molecular weight excluding hydrogens is 370 g/mol. The van der Waals surface area contributed by atoms with E-state index in [1.807, 2.05) is 0 Å². The van der Waals surface area contributed by atoms with Crippen molar-refractivity contribution in [3.63, 3.8) is 0 Å². The summed E-state index contributed by atoms with van der Waals surface area (Å²) >= 11 is 7.18. The molecule has 24 heavy (non-hydrogen) atoms. The van der Waals surface area contributed by atoms with Gasteiger partial charge in [0, 0.05) is 11.6 Å². The second kappa shape index (κ2) is 9.65. The summed E-state index contributed by atoms with van der Waals surface area (Å²) in [6.07, 6.45) is 3.52. The number of thioether (sulfide) groups is 1. The Hall–Kier alpha value is -0.760. The fraction of sp³-hybridized carbons (Fsp3) is 0.562. The van der Waals surface area contributed by atoms with Crippen molar-refractivity contribution in [2.24, 2.45) is 0 Å². The maximum Gasteiger partial charge on any atom is 0.319 e. The number of rotatable bonds is 11. The number of carbonyl (C=O) groups is 1. The first-order chi connectivity index (χ1) is 11.1. The molecule has 0 saturated heterocycles. The maximum absolute atomic E-state index is 12.0. The minimum atomic E-state index is -3.48. The van der Waals surface area contributed by atoms with Crippen LogP contribution in [0.5, 0.6) is 0 Å². The van der Waals surface area contributed by atoms with Gasteiger partial charge >= 0.3 is 5.97 Å². The molecule has 0 radical (unpaired) electrons. The fourth-order valence-corrected chi connectivity index (χ4v) is 4.06. The minimum Gasteiger partial charge on any atom is -0.480 e. The van der Waals surface area contributed by atoms with Crippen molar-refractivity contribution >= 4 is 39.4 Å². The molecule has 2 N–H and O–H groups in total. The highest BCUT2D eigenvalue weighted by atomic mass is 35.5. The van der Waals surface area contributed by atoms with Gasteiger partial charge in [-0.1, -0.05) is 24.4 Å². The van der Waals surface area contributed by atoms with E-state index >= 15 is 0 Å². The lowest BCUT2D eigenvalue weighted by molar-refractivity contribution is -0.138. The van der Waals surface area contributed by atoms with E-state index in [1.54, 1.807) is 26.0 Å². The van der Waals surface area contributed by atoms with Gasteiger partial charge in [-0.05, 0) is 56.7 Å². The van der Waals surface area contributed by atoms with Crippen molar-refractivity contribution < 1.29 is 18.3 Å². The molecule has 0 spiro atoms. The van der Waals surface area contributed by atoms with E-state index in [0.717, 1.165) is 31.4 Å².